The molecule has 0 radical (unpaired) electrons. The average Bonchev–Trinajstić information content (AvgIpc) is 2.83. The van der Waals surface area contributed by atoms with E-state index in [9.17, 15) is 21.6 Å². The summed E-state index contributed by atoms with van der Waals surface area (Å²) in [6.07, 6.45) is 1.57. The van der Waals surface area contributed by atoms with E-state index in [4.69, 9.17) is 9.47 Å². The molecule has 0 aromatic heterocycles. The van der Waals surface area contributed by atoms with E-state index in [1.54, 1.807) is 7.11 Å². The molecule has 0 aliphatic carbocycles. The van der Waals surface area contributed by atoms with Crippen molar-refractivity contribution in [1.29, 1.82) is 0 Å². The molecule has 0 saturated carbocycles. The molecule has 2 aromatic rings. The van der Waals surface area contributed by atoms with Gasteiger partial charge in [-0.05, 0) is 48.4 Å². The van der Waals surface area contributed by atoms with Crippen LogP contribution in [0.5, 0.6) is 5.75 Å². The number of carbonyl (C=O) groups excluding carboxylic acids is 1. The number of nitrogens with one attached hydrogen (secondary N) is 1. The lowest BCUT2D eigenvalue weighted by atomic mass is 10.1. The summed E-state index contributed by atoms with van der Waals surface area (Å²) in [6.45, 7) is 1.09. The zero-order chi connectivity index (χ0) is 24.8. The maximum Gasteiger partial charge on any atom is 0.243 e. The first-order valence-corrected chi connectivity index (χ1v) is 14.0. The van der Waals surface area contributed by atoms with Crippen LogP contribution in [0.15, 0.2) is 53.4 Å². The number of benzene rings is 2. The maximum atomic E-state index is 12.8. The van der Waals surface area contributed by atoms with Crippen molar-refractivity contribution >= 4 is 31.6 Å². The van der Waals surface area contributed by atoms with Crippen molar-refractivity contribution < 1.29 is 31.1 Å². The lowest BCUT2D eigenvalue weighted by molar-refractivity contribution is -0.119. The van der Waals surface area contributed by atoms with E-state index in [1.165, 1.54) is 28.6 Å². The van der Waals surface area contributed by atoms with Crippen molar-refractivity contribution in [3.8, 4) is 5.75 Å². The normalized spacial score (nSPS) is 15.0. The van der Waals surface area contributed by atoms with Crippen molar-refractivity contribution in [2.75, 3.05) is 57.1 Å². The van der Waals surface area contributed by atoms with Crippen molar-refractivity contribution in [3.63, 3.8) is 0 Å². The predicted octanol–water partition coefficient (Wildman–Crippen LogP) is 0.841. The minimum Gasteiger partial charge on any atom is -0.497 e. The molecule has 34 heavy (non-hydrogen) atoms. The third-order valence-corrected chi connectivity index (χ3v) is 8.37. The van der Waals surface area contributed by atoms with Gasteiger partial charge in [0.2, 0.25) is 26.0 Å². The maximum absolute atomic E-state index is 12.8. The Morgan fingerprint density at radius 1 is 1.03 bits per heavy atom. The van der Waals surface area contributed by atoms with Crippen LogP contribution < -0.4 is 14.4 Å². The molecule has 1 saturated heterocycles. The summed E-state index contributed by atoms with van der Waals surface area (Å²) in [6, 6.07) is 12.9. The third-order valence-electron chi connectivity index (χ3n) is 5.31. The molecular weight excluding hydrogens is 482 g/mol. The fourth-order valence-corrected chi connectivity index (χ4v) is 5.71. The predicted molar refractivity (Wildman–Crippen MR) is 128 cm³/mol. The molecule has 3 rings (SSSR count). The molecule has 1 heterocycles. The van der Waals surface area contributed by atoms with E-state index in [2.05, 4.69) is 5.32 Å². The van der Waals surface area contributed by atoms with Gasteiger partial charge in [-0.2, -0.15) is 4.31 Å². The van der Waals surface area contributed by atoms with Gasteiger partial charge in [0.15, 0.2) is 0 Å². The first-order chi connectivity index (χ1) is 16.1. The van der Waals surface area contributed by atoms with Gasteiger partial charge in [-0.15, -0.1) is 0 Å². The number of sulfonamides is 2. The minimum atomic E-state index is -3.78. The number of methoxy groups -OCH3 is 1. The number of rotatable bonds is 10. The zero-order valence-electron chi connectivity index (χ0n) is 19.1. The summed E-state index contributed by atoms with van der Waals surface area (Å²) in [5.74, 6) is 0.268. The highest BCUT2D eigenvalue weighted by atomic mass is 32.2. The minimum absolute atomic E-state index is 0.0514. The van der Waals surface area contributed by atoms with E-state index >= 15 is 0 Å². The fourth-order valence-electron chi connectivity index (χ4n) is 3.45. The summed E-state index contributed by atoms with van der Waals surface area (Å²) in [5, 5.41) is 2.72. The number of anilines is 1. The zero-order valence-corrected chi connectivity index (χ0v) is 20.8. The van der Waals surface area contributed by atoms with E-state index < -0.39 is 32.5 Å². The molecule has 186 valence electrons. The lowest BCUT2D eigenvalue weighted by Gasteiger charge is -2.26. The summed E-state index contributed by atoms with van der Waals surface area (Å²) in [5.41, 5.74) is 1.20. The van der Waals surface area contributed by atoms with E-state index in [-0.39, 0.29) is 23.7 Å². The van der Waals surface area contributed by atoms with Crippen LogP contribution in [0.3, 0.4) is 0 Å². The van der Waals surface area contributed by atoms with E-state index in [0.29, 0.717) is 26.2 Å². The van der Waals surface area contributed by atoms with Crippen LogP contribution in [-0.2, 0) is 36.0 Å². The Morgan fingerprint density at radius 3 is 2.21 bits per heavy atom. The van der Waals surface area contributed by atoms with Gasteiger partial charge in [0.25, 0.3) is 0 Å². The smallest absolute Gasteiger partial charge is 0.243 e. The first kappa shape index (κ1) is 25.9. The number of carbonyl (C=O) groups is 1. The summed E-state index contributed by atoms with van der Waals surface area (Å²) < 4.78 is 62.8. The van der Waals surface area contributed by atoms with Crippen LogP contribution in [0.2, 0.25) is 0 Å². The van der Waals surface area contributed by atoms with Crippen LogP contribution in [-0.4, -0.2) is 79.8 Å². The molecule has 0 unspecified atom stereocenters. The highest BCUT2D eigenvalue weighted by molar-refractivity contribution is 7.92. The van der Waals surface area contributed by atoms with Gasteiger partial charge in [0, 0.05) is 19.6 Å². The molecule has 10 nitrogen and oxygen atoms in total. The summed E-state index contributed by atoms with van der Waals surface area (Å²) in [7, 11) is -5.91. The highest BCUT2D eigenvalue weighted by Gasteiger charge is 2.27. The second kappa shape index (κ2) is 11.2. The van der Waals surface area contributed by atoms with Gasteiger partial charge >= 0.3 is 0 Å². The van der Waals surface area contributed by atoms with Crippen molar-refractivity contribution in [3.05, 3.63) is 54.1 Å². The Morgan fingerprint density at radius 2 is 1.65 bits per heavy atom. The molecule has 1 aliphatic rings. The van der Waals surface area contributed by atoms with Crippen molar-refractivity contribution in [1.82, 2.24) is 9.62 Å². The Kier molecular flexibility index (Phi) is 8.52. The number of hydrogen-bond donors (Lipinski definition) is 1. The Bertz CT molecular complexity index is 1180. The van der Waals surface area contributed by atoms with Gasteiger partial charge in [-0.25, -0.2) is 16.8 Å². The summed E-state index contributed by atoms with van der Waals surface area (Å²) >= 11 is 0. The van der Waals surface area contributed by atoms with Crippen molar-refractivity contribution in [2.24, 2.45) is 0 Å². The molecule has 0 atom stereocenters. The van der Waals surface area contributed by atoms with E-state index in [1.807, 2.05) is 24.3 Å². The molecular formula is C22H29N3O7S2. The second-order valence-electron chi connectivity index (χ2n) is 7.73. The van der Waals surface area contributed by atoms with Crippen LogP contribution in [0.1, 0.15) is 5.56 Å². The molecule has 0 bridgehead atoms. The number of ether oxygens (including phenoxy) is 2. The molecule has 1 fully saturated rings. The average molecular weight is 512 g/mol. The molecule has 0 spiro atoms. The largest absolute Gasteiger partial charge is 0.497 e. The van der Waals surface area contributed by atoms with Gasteiger partial charge in [0.05, 0.1) is 37.2 Å². The standard InChI is InChI=1S/C22H29N3O7S2/c1-31-20-7-3-18(4-8-20)11-12-23-22(26)17-25(33(2,27)28)19-5-9-21(10-6-19)34(29,30)24-13-15-32-16-14-24/h3-10H,11-17H2,1-2H3,(H,23,26). The van der Waals surface area contributed by atoms with Crippen LogP contribution in [0, 0.1) is 0 Å². The molecule has 12 heteroatoms. The third kappa shape index (κ3) is 6.69. The molecule has 2 aromatic carbocycles. The van der Waals surface area contributed by atoms with Crippen molar-refractivity contribution in [2.45, 2.75) is 11.3 Å². The number of nitrogens with zero attached hydrogens (tertiary/aromatic N) is 2. The monoisotopic (exact) mass is 511 g/mol. The molecule has 1 N–H and O–H groups in total. The van der Waals surface area contributed by atoms with Gasteiger partial charge in [-0.3, -0.25) is 9.10 Å². The Balaban J connectivity index is 1.64. The molecule has 1 amide bonds. The van der Waals surface area contributed by atoms with Gasteiger partial charge in [0.1, 0.15) is 12.3 Å². The lowest BCUT2D eigenvalue weighted by Crippen LogP contribution is -2.41. The van der Waals surface area contributed by atoms with Crippen LogP contribution in [0.25, 0.3) is 0 Å². The van der Waals surface area contributed by atoms with Gasteiger partial charge in [-0.1, -0.05) is 12.1 Å². The van der Waals surface area contributed by atoms with Crippen LogP contribution >= 0.6 is 0 Å². The summed E-state index contributed by atoms with van der Waals surface area (Å²) in [4.78, 5) is 12.5. The Hall–Kier alpha value is -2.67. The van der Waals surface area contributed by atoms with E-state index in [0.717, 1.165) is 21.9 Å². The number of morpholine rings is 1. The molecule has 1 aliphatic heterocycles. The fraction of sp³-hybridized carbons (Fsp3) is 0.409. The van der Waals surface area contributed by atoms with Gasteiger partial charge < -0.3 is 14.8 Å². The SMILES string of the molecule is COc1ccc(CCNC(=O)CN(c2ccc(S(=O)(=O)N3CCOCC3)cc2)S(C)(=O)=O)cc1. The topological polar surface area (TPSA) is 122 Å². The second-order valence-corrected chi connectivity index (χ2v) is 11.6. The number of amides is 1. The quantitative estimate of drug-likeness (QED) is 0.502. The highest BCUT2D eigenvalue weighted by Crippen LogP contribution is 2.23. The number of hydrogen-bond acceptors (Lipinski definition) is 7. The van der Waals surface area contributed by atoms with Crippen LogP contribution in [0.4, 0.5) is 5.69 Å². The first-order valence-electron chi connectivity index (χ1n) is 10.7. The Labute approximate surface area is 200 Å².